The number of aromatic nitrogens is 2. The third-order valence-electron chi connectivity index (χ3n) is 5.36. The van der Waals surface area contributed by atoms with E-state index >= 15 is 0 Å². The van der Waals surface area contributed by atoms with Crippen LogP contribution in [0.15, 0.2) is 52.6 Å². The van der Waals surface area contributed by atoms with E-state index in [1.165, 1.54) is 21.0 Å². The van der Waals surface area contributed by atoms with Crippen LogP contribution in [0.4, 0.5) is 5.82 Å². The maximum Gasteiger partial charge on any atom is 0.237 e. The number of carbonyl (C=O) groups excluding carboxylic acids is 1. The number of fused-ring (bicyclic) bond motifs is 1. The Kier molecular flexibility index (Phi) is 5.75. The summed E-state index contributed by atoms with van der Waals surface area (Å²) in [7, 11) is 0. The standard InChI is InChI=1S/C22H20BrN5OS2/c23-20-6-5-19(31-20)18-4-2-15(30-18)11-27-7-8-28(21(29)12-27)10-14-1-3-16-17(9-14)25-13-26-22(16)24/h1-6,9,13H,7-8,10-12H2,(H2,24,25,26). The number of nitrogens with zero attached hydrogens (tertiary/aromatic N) is 4. The Bertz CT molecular complexity index is 1250. The molecule has 158 valence electrons. The molecule has 0 radical (unpaired) electrons. The summed E-state index contributed by atoms with van der Waals surface area (Å²) in [5.74, 6) is 0.636. The Morgan fingerprint density at radius 1 is 1.00 bits per heavy atom. The number of piperazine rings is 1. The molecule has 9 heteroatoms. The molecule has 0 unspecified atom stereocenters. The molecule has 4 heterocycles. The molecule has 1 aromatic carbocycles. The number of benzene rings is 1. The molecule has 1 fully saturated rings. The van der Waals surface area contributed by atoms with Crippen LogP contribution >= 0.6 is 38.6 Å². The van der Waals surface area contributed by atoms with Crippen molar-refractivity contribution in [3.8, 4) is 9.75 Å². The number of nitrogen functional groups attached to an aromatic ring is 1. The van der Waals surface area contributed by atoms with Crippen molar-refractivity contribution in [2.45, 2.75) is 13.1 Å². The molecule has 1 saturated heterocycles. The summed E-state index contributed by atoms with van der Waals surface area (Å²) in [4.78, 5) is 29.1. The summed E-state index contributed by atoms with van der Waals surface area (Å²) in [6, 6.07) is 14.5. The molecule has 0 atom stereocenters. The number of rotatable bonds is 5. The van der Waals surface area contributed by atoms with E-state index in [2.05, 4.69) is 55.1 Å². The van der Waals surface area contributed by atoms with Crippen LogP contribution in [-0.4, -0.2) is 45.3 Å². The van der Waals surface area contributed by atoms with Crippen LogP contribution in [0, 0.1) is 0 Å². The predicted molar refractivity (Wildman–Crippen MR) is 130 cm³/mol. The summed E-state index contributed by atoms with van der Waals surface area (Å²) in [6.07, 6.45) is 1.47. The van der Waals surface area contributed by atoms with E-state index < -0.39 is 0 Å². The normalized spacial score (nSPS) is 15.1. The SMILES string of the molecule is Nc1ncnc2cc(CN3CCN(Cc4ccc(-c5ccc(Br)s5)s4)CC3=O)ccc12. The zero-order chi connectivity index (χ0) is 21.4. The molecule has 0 saturated carbocycles. The number of nitrogens with two attached hydrogens (primary N) is 1. The molecule has 1 aliphatic rings. The summed E-state index contributed by atoms with van der Waals surface area (Å²) in [5.41, 5.74) is 7.77. The van der Waals surface area contributed by atoms with Crippen molar-refractivity contribution in [2.24, 2.45) is 0 Å². The average Bonchev–Trinajstić information content (AvgIpc) is 3.39. The van der Waals surface area contributed by atoms with Gasteiger partial charge < -0.3 is 10.6 Å². The van der Waals surface area contributed by atoms with Crippen molar-refractivity contribution in [1.82, 2.24) is 19.8 Å². The topological polar surface area (TPSA) is 75.3 Å². The first-order valence-corrected chi connectivity index (χ1v) is 12.3. The first kappa shape index (κ1) is 20.6. The Hall–Kier alpha value is -2.33. The van der Waals surface area contributed by atoms with Crippen molar-refractivity contribution < 1.29 is 4.79 Å². The molecule has 0 aliphatic carbocycles. The van der Waals surface area contributed by atoms with Gasteiger partial charge in [0.05, 0.1) is 15.8 Å². The maximum atomic E-state index is 12.8. The fraction of sp³-hybridized carbons (Fsp3) is 0.227. The molecule has 31 heavy (non-hydrogen) atoms. The molecule has 3 aromatic heterocycles. The highest BCUT2D eigenvalue weighted by Gasteiger charge is 2.24. The number of amides is 1. The van der Waals surface area contributed by atoms with Gasteiger partial charge in [-0.15, -0.1) is 22.7 Å². The zero-order valence-corrected chi connectivity index (χ0v) is 19.8. The second-order valence-corrected chi connectivity index (χ2v) is 11.1. The highest BCUT2D eigenvalue weighted by atomic mass is 79.9. The molecule has 1 aliphatic heterocycles. The van der Waals surface area contributed by atoms with Gasteiger partial charge in [0, 0.05) is 46.2 Å². The van der Waals surface area contributed by atoms with Crippen molar-refractivity contribution in [1.29, 1.82) is 0 Å². The van der Waals surface area contributed by atoms with E-state index in [4.69, 9.17) is 5.73 Å². The van der Waals surface area contributed by atoms with Crippen LogP contribution in [0.3, 0.4) is 0 Å². The predicted octanol–water partition coefficient (Wildman–Crippen LogP) is 4.61. The lowest BCUT2D eigenvalue weighted by molar-refractivity contribution is -0.136. The lowest BCUT2D eigenvalue weighted by atomic mass is 10.1. The number of carbonyl (C=O) groups is 1. The Morgan fingerprint density at radius 2 is 1.84 bits per heavy atom. The minimum absolute atomic E-state index is 0.160. The number of hydrogen-bond acceptors (Lipinski definition) is 7. The van der Waals surface area contributed by atoms with Crippen molar-refractivity contribution in [3.05, 3.63) is 63.0 Å². The molecule has 5 rings (SSSR count). The monoisotopic (exact) mass is 513 g/mol. The van der Waals surface area contributed by atoms with Gasteiger partial charge in [0.15, 0.2) is 0 Å². The lowest BCUT2D eigenvalue weighted by Gasteiger charge is -2.34. The van der Waals surface area contributed by atoms with Crippen LogP contribution in [0.25, 0.3) is 20.7 Å². The van der Waals surface area contributed by atoms with Gasteiger partial charge >= 0.3 is 0 Å². The first-order valence-electron chi connectivity index (χ1n) is 9.89. The van der Waals surface area contributed by atoms with Crippen LogP contribution in [0.1, 0.15) is 10.4 Å². The van der Waals surface area contributed by atoms with E-state index in [0.29, 0.717) is 18.9 Å². The number of thiophene rings is 2. The van der Waals surface area contributed by atoms with Gasteiger partial charge in [0.25, 0.3) is 0 Å². The smallest absolute Gasteiger partial charge is 0.237 e. The zero-order valence-electron chi connectivity index (χ0n) is 16.6. The van der Waals surface area contributed by atoms with E-state index in [1.54, 1.807) is 22.7 Å². The number of halogens is 1. The minimum atomic E-state index is 0.160. The van der Waals surface area contributed by atoms with Gasteiger partial charge in [0.1, 0.15) is 12.1 Å². The van der Waals surface area contributed by atoms with E-state index in [-0.39, 0.29) is 5.91 Å². The third-order valence-corrected chi connectivity index (χ3v) is 8.25. The summed E-state index contributed by atoms with van der Waals surface area (Å²) in [6.45, 7) is 3.43. The average molecular weight is 514 g/mol. The van der Waals surface area contributed by atoms with E-state index in [1.807, 2.05) is 23.1 Å². The quantitative estimate of drug-likeness (QED) is 0.421. The molecule has 0 spiro atoms. The second-order valence-electron chi connectivity index (χ2n) is 7.51. The van der Waals surface area contributed by atoms with Crippen LogP contribution in [0.2, 0.25) is 0 Å². The molecule has 4 aromatic rings. The van der Waals surface area contributed by atoms with Crippen molar-refractivity contribution in [3.63, 3.8) is 0 Å². The summed E-state index contributed by atoms with van der Waals surface area (Å²) >= 11 is 7.07. The van der Waals surface area contributed by atoms with Gasteiger partial charge in [-0.1, -0.05) is 6.07 Å². The second kappa shape index (κ2) is 8.66. The third kappa shape index (κ3) is 4.50. The highest BCUT2D eigenvalue weighted by molar-refractivity contribution is 9.11. The van der Waals surface area contributed by atoms with E-state index in [0.717, 1.165) is 39.9 Å². The molecule has 6 nitrogen and oxygen atoms in total. The van der Waals surface area contributed by atoms with E-state index in [9.17, 15) is 4.79 Å². The lowest BCUT2D eigenvalue weighted by Crippen LogP contribution is -2.49. The largest absolute Gasteiger partial charge is 0.383 e. The number of hydrogen-bond donors (Lipinski definition) is 1. The van der Waals surface area contributed by atoms with Gasteiger partial charge in [-0.2, -0.15) is 0 Å². The Balaban J connectivity index is 1.21. The highest BCUT2D eigenvalue weighted by Crippen LogP contribution is 2.36. The molecular formula is C22H20BrN5OS2. The van der Waals surface area contributed by atoms with Crippen LogP contribution in [-0.2, 0) is 17.9 Å². The van der Waals surface area contributed by atoms with Crippen molar-refractivity contribution >= 4 is 61.2 Å². The fourth-order valence-electron chi connectivity index (χ4n) is 3.76. The Morgan fingerprint density at radius 3 is 2.65 bits per heavy atom. The fourth-order valence-corrected chi connectivity index (χ4v) is 6.29. The molecule has 1 amide bonds. The molecule has 2 N–H and O–H groups in total. The first-order chi connectivity index (χ1) is 15.0. The summed E-state index contributed by atoms with van der Waals surface area (Å²) < 4.78 is 1.14. The van der Waals surface area contributed by atoms with Crippen LogP contribution < -0.4 is 5.73 Å². The summed E-state index contributed by atoms with van der Waals surface area (Å²) in [5, 5.41) is 0.840. The minimum Gasteiger partial charge on any atom is -0.383 e. The molecule has 0 bridgehead atoms. The van der Waals surface area contributed by atoms with Crippen molar-refractivity contribution in [2.75, 3.05) is 25.4 Å². The van der Waals surface area contributed by atoms with Gasteiger partial charge in [-0.3, -0.25) is 9.69 Å². The van der Waals surface area contributed by atoms with Gasteiger partial charge in [-0.05, 0) is 57.9 Å². The Labute approximate surface area is 196 Å². The molecular weight excluding hydrogens is 494 g/mol. The number of anilines is 1. The van der Waals surface area contributed by atoms with Crippen LogP contribution in [0.5, 0.6) is 0 Å². The van der Waals surface area contributed by atoms with Gasteiger partial charge in [0.2, 0.25) is 5.91 Å². The van der Waals surface area contributed by atoms with Gasteiger partial charge in [-0.25, -0.2) is 9.97 Å². The maximum absolute atomic E-state index is 12.8.